The molecule has 0 fully saturated rings. The Bertz CT molecular complexity index is 1260. The minimum atomic E-state index is -0.566. The summed E-state index contributed by atoms with van der Waals surface area (Å²) in [4.78, 5) is 31.3. The smallest absolute Gasteiger partial charge is 0.290 e. The molecule has 2 heterocycles. The Hall–Kier alpha value is -3.32. The van der Waals surface area contributed by atoms with Crippen LogP contribution in [0.1, 0.15) is 54.1 Å². The van der Waals surface area contributed by atoms with Gasteiger partial charge in [-0.25, -0.2) is 0 Å². The first-order valence-corrected chi connectivity index (χ1v) is 11.8. The SMILES string of the molecule is CCOc1ccc([C@@H]2c3c(oc4ccc(C)cc4c3=O)C(=O)N2CCN(CC)CC)cc1OC. The van der Waals surface area contributed by atoms with E-state index >= 15 is 0 Å². The lowest BCUT2D eigenvalue weighted by molar-refractivity contribution is 0.0708. The Morgan fingerprint density at radius 3 is 2.47 bits per heavy atom. The van der Waals surface area contributed by atoms with E-state index in [0.717, 1.165) is 24.2 Å². The van der Waals surface area contributed by atoms with Gasteiger partial charge in [-0.2, -0.15) is 0 Å². The lowest BCUT2D eigenvalue weighted by Gasteiger charge is -2.28. The van der Waals surface area contributed by atoms with Gasteiger partial charge in [0.05, 0.1) is 30.7 Å². The van der Waals surface area contributed by atoms with E-state index in [1.807, 2.05) is 44.2 Å². The van der Waals surface area contributed by atoms with Gasteiger partial charge in [-0.15, -0.1) is 0 Å². The van der Waals surface area contributed by atoms with Crippen molar-refractivity contribution in [1.82, 2.24) is 9.80 Å². The van der Waals surface area contributed by atoms with Crippen molar-refractivity contribution in [1.29, 1.82) is 0 Å². The van der Waals surface area contributed by atoms with E-state index in [4.69, 9.17) is 13.9 Å². The summed E-state index contributed by atoms with van der Waals surface area (Å²) in [6, 6.07) is 10.5. The van der Waals surface area contributed by atoms with Gasteiger partial charge in [0.25, 0.3) is 5.91 Å². The molecule has 1 aliphatic rings. The third-order valence-corrected chi connectivity index (χ3v) is 6.48. The highest BCUT2D eigenvalue weighted by atomic mass is 16.5. The molecule has 0 N–H and O–H groups in total. The summed E-state index contributed by atoms with van der Waals surface area (Å²) in [5.41, 5.74) is 2.38. The number of methoxy groups -OCH3 is 1. The fourth-order valence-corrected chi connectivity index (χ4v) is 4.63. The summed E-state index contributed by atoms with van der Waals surface area (Å²) in [7, 11) is 1.58. The third-order valence-electron chi connectivity index (χ3n) is 6.48. The van der Waals surface area contributed by atoms with E-state index in [1.54, 1.807) is 18.1 Å². The zero-order valence-electron chi connectivity index (χ0n) is 20.5. The van der Waals surface area contributed by atoms with Gasteiger partial charge in [0, 0.05) is 13.1 Å². The van der Waals surface area contributed by atoms with Crippen LogP contribution in [0.25, 0.3) is 11.0 Å². The molecule has 1 atom stereocenters. The molecule has 7 nitrogen and oxygen atoms in total. The Morgan fingerprint density at radius 2 is 1.79 bits per heavy atom. The van der Waals surface area contributed by atoms with Crippen molar-refractivity contribution in [3.8, 4) is 11.5 Å². The van der Waals surface area contributed by atoms with Crippen LogP contribution in [-0.4, -0.2) is 55.6 Å². The molecule has 1 aliphatic heterocycles. The molecule has 7 heteroatoms. The molecule has 0 spiro atoms. The van der Waals surface area contributed by atoms with Crippen LogP contribution in [-0.2, 0) is 0 Å². The molecular formula is C27H32N2O5. The fourth-order valence-electron chi connectivity index (χ4n) is 4.63. The largest absolute Gasteiger partial charge is 0.493 e. The van der Waals surface area contributed by atoms with Crippen LogP contribution in [0, 0.1) is 6.92 Å². The van der Waals surface area contributed by atoms with Crippen LogP contribution in [0.2, 0.25) is 0 Å². The van der Waals surface area contributed by atoms with Gasteiger partial charge in [0.1, 0.15) is 5.58 Å². The number of carbonyl (C=O) groups excluding carboxylic acids is 1. The van der Waals surface area contributed by atoms with Gasteiger partial charge in [-0.1, -0.05) is 31.5 Å². The average molecular weight is 465 g/mol. The lowest BCUT2D eigenvalue weighted by Crippen LogP contribution is -2.37. The maximum atomic E-state index is 13.7. The van der Waals surface area contributed by atoms with Crippen molar-refractivity contribution in [2.45, 2.75) is 33.7 Å². The molecule has 0 bridgehead atoms. The second-order valence-corrected chi connectivity index (χ2v) is 8.44. The van der Waals surface area contributed by atoms with Crippen LogP contribution in [0.15, 0.2) is 45.6 Å². The maximum absolute atomic E-state index is 13.7. The number of rotatable bonds is 9. The first-order valence-electron chi connectivity index (χ1n) is 11.8. The molecular weight excluding hydrogens is 432 g/mol. The number of hydrogen-bond acceptors (Lipinski definition) is 6. The minimum Gasteiger partial charge on any atom is -0.493 e. The number of amides is 1. The van der Waals surface area contributed by atoms with E-state index in [-0.39, 0.29) is 17.1 Å². The van der Waals surface area contributed by atoms with Crippen molar-refractivity contribution < 1.29 is 18.7 Å². The standard InChI is InChI=1S/C27H32N2O5/c1-6-28(7-2)13-14-29-24(18-10-12-21(33-8-3)22(16-18)32-5)23-25(30)19-15-17(4)9-11-20(19)34-26(23)27(29)31/h9-12,15-16,24H,6-8,13-14H2,1-5H3/t24-/m1/s1. The van der Waals surface area contributed by atoms with Crippen LogP contribution in [0.3, 0.4) is 0 Å². The van der Waals surface area contributed by atoms with Gasteiger partial charge in [-0.05, 0) is 56.8 Å². The number of ether oxygens (including phenoxy) is 2. The highest BCUT2D eigenvalue weighted by Crippen LogP contribution is 2.40. The van der Waals surface area contributed by atoms with E-state index in [2.05, 4.69) is 18.7 Å². The summed E-state index contributed by atoms with van der Waals surface area (Å²) in [6.07, 6.45) is 0. The number of benzene rings is 2. The maximum Gasteiger partial charge on any atom is 0.290 e. The second kappa shape index (κ2) is 9.89. The van der Waals surface area contributed by atoms with E-state index < -0.39 is 6.04 Å². The monoisotopic (exact) mass is 464 g/mol. The van der Waals surface area contributed by atoms with Crippen LogP contribution >= 0.6 is 0 Å². The molecule has 0 unspecified atom stereocenters. The molecule has 0 radical (unpaired) electrons. The van der Waals surface area contributed by atoms with Crippen molar-refractivity contribution >= 4 is 16.9 Å². The molecule has 3 aromatic rings. The van der Waals surface area contributed by atoms with Crippen molar-refractivity contribution in [2.75, 3.05) is 39.9 Å². The Kier molecular flexibility index (Phi) is 6.93. The number of carbonyl (C=O) groups is 1. The van der Waals surface area contributed by atoms with E-state index in [1.165, 1.54) is 0 Å². The molecule has 4 rings (SSSR count). The normalized spacial score (nSPS) is 15.3. The van der Waals surface area contributed by atoms with Crippen LogP contribution < -0.4 is 14.9 Å². The Labute approximate surface area is 199 Å². The topological polar surface area (TPSA) is 72.2 Å². The third kappa shape index (κ3) is 4.16. The first-order chi connectivity index (χ1) is 16.4. The lowest BCUT2D eigenvalue weighted by atomic mass is 9.97. The fraction of sp³-hybridized carbons (Fsp3) is 0.407. The van der Waals surface area contributed by atoms with Gasteiger partial charge >= 0.3 is 0 Å². The van der Waals surface area contributed by atoms with Crippen molar-refractivity contribution in [3.05, 3.63) is 69.1 Å². The van der Waals surface area contributed by atoms with Crippen molar-refractivity contribution in [3.63, 3.8) is 0 Å². The molecule has 1 aromatic heterocycles. The van der Waals surface area contributed by atoms with Gasteiger partial charge < -0.3 is 23.7 Å². The van der Waals surface area contributed by atoms with Crippen LogP contribution in [0.4, 0.5) is 0 Å². The first kappa shape index (κ1) is 23.8. The predicted molar refractivity (Wildman–Crippen MR) is 132 cm³/mol. The highest BCUT2D eigenvalue weighted by Gasteiger charge is 2.42. The zero-order valence-corrected chi connectivity index (χ0v) is 20.5. The van der Waals surface area contributed by atoms with Gasteiger partial charge in [0.2, 0.25) is 5.76 Å². The summed E-state index contributed by atoms with van der Waals surface area (Å²) < 4.78 is 17.3. The number of hydrogen-bond donors (Lipinski definition) is 0. The summed E-state index contributed by atoms with van der Waals surface area (Å²) in [6.45, 7) is 11.5. The number of nitrogens with zero attached hydrogens (tertiary/aromatic N) is 2. The van der Waals surface area contributed by atoms with Crippen molar-refractivity contribution in [2.24, 2.45) is 0 Å². The predicted octanol–water partition coefficient (Wildman–Crippen LogP) is 4.40. The average Bonchev–Trinajstić information content (AvgIpc) is 3.12. The van der Waals surface area contributed by atoms with E-state index in [9.17, 15) is 9.59 Å². The van der Waals surface area contributed by atoms with Gasteiger partial charge in [-0.3, -0.25) is 9.59 Å². The zero-order chi connectivity index (χ0) is 24.4. The molecule has 0 saturated carbocycles. The molecule has 1 amide bonds. The Balaban J connectivity index is 1.89. The number of fused-ring (bicyclic) bond motifs is 2. The molecule has 0 aliphatic carbocycles. The summed E-state index contributed by atoms with van der Waals surface area (Å²) in [5, 5.41) is 0.486. The van der Waals surface area contributed by atoms with Crippen LogP contribution in [0.5, 0.6) is 11.5 Å². The molecule has 0 saturated heterocycles. The highest BCUT2D eigenvalue weighted by molar-refractivity contribution is 5.99. The number of aryl methyl sites for hydroxylation is 1. The summed E-state index contributed by atoms with van der Waals surface area (Å²) in [5.74, 6) is 1.04. The van der Waals surface area contributed by atoms with Gasteiger partial charge in [0.15, 0.2) is 16.9 Å². The van der Waals surface area contributed by atoms with E-state index in [0.29, 0.717) is 47.7 Å². The summed E-state index contributed by atoms with van der Waals surface area (Å²) >= 11 is 0. The molecule has 2 aromatic carbocycles. The quantitative estimate of drug-likeness (QED) is 0.468. The molecule has 34 heavy (non-hydrogen) atoms. The Morgan fingerprint density at radius 1 is 1.03 bits per heavy atom. The molecule has 180 valence electrons. The number of likely N-dealkylation sites (N-methyl/N-ethyl adjacent to an activating group) is 1. The minimum absolute atomic E-state index is 0.124. The second-order valence-electron chi connectivity index (χ2n) is 8.44.